The van der Waals surface area contributed by atoms with E-state index in [9.17, 15) is 0 Å². The van der Waals surface area contributed by atoms with E-state index in [-0.39, 0.29) is 0 Å². The third kappa shape index (κ3) is 4.55. The van der Waals surface area contributed by atoms with Gasteiger partial charge in [0.15, 0.2) is 0 Å². The summed E-state index contributed by atoms with van der Waals surface area (Å²) in [5.74, 6) is 1.43. The van der Waals surface area contributed by atoms with Crippen LogP contribution in [0.3, 0.4) is 0 Å². The molecule has 0 spiro atoms. The Labute approximate surface area is 152 Å². The van der Waals surface area contributed by atoms with Crippen LogP contribution in [0.4, 0.5) is 0 Å². The summed E-state index contributed by atoms with van der Waals surface area (Å²) in [5.41, 5.74) is 2.12. The highest BCUT2D eigenvalue weighted by molar-refractivity contribution is 7.71. The van der Waals surface area contributed by atoms with Gasteiger partial charge in [0.1, 0.15) is 5.75 Å². The predicted octanol–water partition coefficient (Wildman–Crippen LogP) is 4.36. The molecule has 0 amide bonds. The molecule has 0 unspecified atom stereocenters. The molecule has 130 valence electrons. The molecule has 0 fully saturated rings. The van der Waals surface area contributed by atoms with Crippen molar-refractivity contribution in [1.29, 1.82) is 0 Å². The molecule has 0 aliphatic rings. The van der Waals surface area contributed by atoms with Crippen molar-refractivity contribution in [2.45, 2.75) is 20.1 Å². The monoisotopic (exact) mass is 355 g/mol. The van der Waals surface area contributed by atoms with E-state index in [1.807, 2.05) is 56.4 Å². The Hall–Kier alpha value is -2.44. The number of benzene rings is 2. The van der Waals surface area contributed by atoms with Crippen molar-refractivity contribution >= 4 is 12.2 Å². The highest BCUT2D eigenvalue weighted by atomic mass is 32.1. The second kappa shape index (κ2) is 8.09. The van der Waals surface area contributed by atoms with Crippen molar-refractivity contribution in [1.82, 2.24) is 14.7 Å². The highest BCUT2D eigenvalue weighted by Gasteiger charge is 2.10. The first kappa shape index (κ1) is 17.4. The molecule has 3 aromatic rings. The number of nitrogens with zero attached hydrogens (tertiary/aromatic N) is 3. The van der Waals surface area contributed by atoms with Gasteiger partial charge in [-0.15, -0.1) is 5.10 Å². The molecule has 5 nitrogen and oxygen atoms in total. The Morgan fingerprint density at radius 3 is 2.52 bits per heavy atom. The average Bonchev–Trinajstić information content (AvgIpc) is 2.98. The minimum atomic E-state index is 0.373. The zero-order chi connectivity index (χ0) is 17.6. The minimum Gasteiger partial charge on any atom is -0.494 e. The van der Waals surface area contributed by atoms with Crippen LogP contribution in [0.15, 0.2) is 59.0 Å². The lowest BCUT2D eigenvalue weighted by Gasteiger charge is -2.16. The van der Waals surface area contributed by atoms with Gasteiger partial charge in [0, 0.05) is 12.1 Å². The largest absolute Gasteiger partial charge is 0.494 e. The average molecular weight is 355 g/mol. The van der Waals surface area contributed by atoms with Gasteiger partial charge in [-0.2, -0.15) is 0 Å². The predicted molar refractivity (Wildman–Crippen MR) is 99.8 cm³/mol. The Morgan fingerprint density at radius 2 is 1.84 bits per heavy atom. The lowest BCUT2D eigenvalue weighted by molar-refractivity contribution is 0.240. The summed E-state index contributed by atoms with van der Waals surface area (Å²) in [6, 6.07) is 17.9. The molecule has 0 saturated carbocycles. The molecule has 0 bridgehead atoms. The maximum atomic E-state index is 5.62. The van der Waals surface area contributed by atoms with Gasteiger partial charge < -0.3 is 9.15 Å². The third-order valence-electron chi connectivity index (χ3n) is 3.69. The van der Waals surface area contributed by atoms with E-state index in [1.54, 1.807) is 4.68 Å². The van der Waals surface area contributed by atoms with Crippen molar-refractivity contribution in [3.63, 3.8) is 0 Å². The number of rotatable bonds is 7. The molecule has 0 aliphatic heterocycles. The first-order valence-electron chi connectivity index (χ1n) is 8.19. The van der Waals surface area contributed by atoms with Crippen LogP contribution in [0.25, 0.3) is 11.5 Å². The summed E-state index contributed by atoms with van der Waals surface area (Å²) < 4.78 is 12.8. The third-order valence-corrected chi connectivity index (χ3v) is 3.98. The van der Waals surface area contributed by atoms with Crippen LogP contribution in [0.1, 0.15) is 12.5 Å². The maximum Gasteiger partial charge on any atom is 0.288 e. The first-order valence-corrected chi connectivity index (χ1v) is 8.60. The molecule has 2 aromatic carbocycles. The van der Waals surface area contributed by atoms with E-state index in [2.05, 4.69) is 22.1 Å². The lowest BCUT2D eigenvalue weighted by Crippen LogP contribution is -2.22. The van der Waals surface area contributed by atoms with E-state index in [0.29, 0.717) is 24.0 Å². The molecule has 3 rings (SSSR count). The van der Waals surface area contributed by atoms with Crippen LogP contribution in [-0.2, 0) is 13.2 Å². The zero-order valence-electron chi connectivity index (χ0n) is 14.4. The van der Waals surface area contributed by atoms with Crippen LogP contribution in [0.5, 0.6) is 5.75 Å². The standard InChI is InChI=1S/C19H21N3O2S/c1-3-23-17-11-9-15(10-12-17)13-21(2)14-22-19(25)24-18(20-22)16-7-5-4-6-8-16/h4-12H,3,13-14H2,1-2H3. The van der Waals surface area contributed by atoms with Crippen molar-refractivity contribution in [2.75, 3.05) is 13.7 Å². The molecular weight excluding hydrogens is 334 g/mol. The fourth-order valence-corrected chi connectivity index (χ4v) is 2.72. The molecule has 0 atom stereocenters. The van der Waals surface area contributed by atoms with Gasteiger partial charge in [-0.05, 0) is 56.0 Å². The van der Waals surface area contributed by atoms with E-state index in [0.717, 1.165) is 17.9 Å². The summed E-state index contributed by atoms with van der Waals surface area (Å²) in [5, 5.41) is 4.48. The summed E-state index contributed by atoms with van der Waals surface area (Å²) >= 11 is 5.29. The summed E-state index contributed by atoms with van der Waals surface area (Å²) in [6.45, 7) is 3.99. The van der Waals surface area contributed by atoms with Crippen LogP contribution in [0.2, 0.25) is 0 Å². The molecule has 0 radical (unpaired) electrons. The number of hydrogen-bond acceptors (Lipinski definition) is 5. The van der Waals surface area contributed by atoms with E-state index in [4.69, 9.17) is 21.4 Å². The van der Waals surface area contributed by atoms with Crippen molar-refractivity contribution in [2.24, 2.45) is 0 Å². The van der Waals surface area contributed by atoms with E-state index >= 15 is 0 Å². The van der Waals surface area contributed by atoms with Gasteiger partial charge in [-0.25, -0.2) is 4.68 Å². The quantitative estimate of drug-likeness (QED) is 0.589. The molecular formula is C19H21N3O2S. The maximum absolute atomic E-state index is 5.62. The number of ether oxygens (including phenoxy) is 1. The van der Waals surface area contributed by atoms with Gasteiger partial charge in [-0.1, -0.05) is 30.3 Å². The minimum absolute atomic E-state index is 0.373. The highest BCUT2D eigenvalue weighted by Crippen LogP contribution is 2.18. The van der Waals surface area contributed by atoms with Gasteiger partial charge in [0.2, 0.25) is 5.89 Å². The topological polar surface area (TPSA) is 43.4 Å². The summed E-state index contributed by atoms with van der Waals surface area (Å²) in [6.07, 6.45) is 0. The molecule has 0 aliphatic carbocycles. The Bertz CT molecular complexity index is 856. The Kier molecular flexibility index (Phi) is 5.63. The van der Waals surface area contributed by atoms with Gasteiger partial charge in [0.25, 0.3) is 4.84 Å². The zero-order valence-corrected chi connectivity index (χ0v) is 15.2. The van der Waals surface area contributed by atoms with Gasteiger partial charge in [0.05, 0.1) is 13.3 Å². The Balaban J connectivity index is 1.66. The first-order chi connectivity index (χ1) is 12.2. The molecule has 1 heterocycles. The smallest absolute Gasteiger partial charge is 0.288 e. The van der Waals surface area contributed by atoms with Gasteiger partial charge in [-0.3, -0.25) is 4.90 Å². The van der Waals surface area contributed by atoms with Crippen molar-refractivity contribution in [3.8, 4) is 17.2 Å². The SMILES string of the molecule is CCOc1ccc(CN(C)Cn2nc(-c3ccccc3)oc2=S)cc1. The molecule has 0 N–H and O–H groups in total. The Morgan fingerprint density at radius 1 is 1.12 bits per heavy atom. The van der Waals surface area contributed by atoms with Crippen molar-refractivity contribution in [3.05, 3.63) is 65.0 Å². The van der Waals surface area contributed by atoms with E-state index < -0.39 is 0 Å². The number of aromatic nitrogens is 2. The summed E-state index contributed by atoms with van der Waals surface area (Å²) in [7, 11) is 2.02. The normalized spacial score (nSPS) is 11.0. The van der Waals surface area contributed by atoms with Gasteiger partial charge >= 0.3 is 0 Å². The summed E-state index contributed by atoms with van der Waals surface area (Å²) in [4.78, 5) is 2.50. The van der Waals surface area contributed by atoms with Crippen molar-refractivity contribution < 1.29 is 9.15 Å². The van der Waals surface area contributed by atoms with Crippen LogP contribution in [0, 0.1) is 4.84 Å². The lowest BCUT2D eigenvalue weighted by atomic mass is 10.2. The second-order valence-corrected chi connectivity index (χ2v) is 6.12. The molecule has 1 aromatic heterocycles. The fourth-order valence-electron chi connectivity index (χ4n) is 2.54. The number of hydrogen-bond donors (Lipinski definition) is 0. The van der Waals surface area contributed by atoms with E-state index in [1.165, 1.54) is 5.56 Å². The van der Waals surface area contributed by atoms with Crippen LogP contribution in [-0.4, -0.2) is 28.3 Å². The molecule has 0 saturated heterocycles. The second-order valence-electron chi connectivity index (χ2n) is 5.77. The molecule has 6 heteroatoms. The molecule has 25 heavy (non-hydrogen) atoms. The van der Waals surface area contributed by atoms with Crippen LogP contribution < -0.4 is 4.74 Å². The van der Waals surface area contributed by atoms with Crippen LogP contribution >= 0.6 is 12.2 Å². The fraction of sp³-hybridized carbons (Fsp3) is 0.263.